The maximum Gasteiger partial charge on any atom is 0.0797 e. The summed E-state index contributed by atoms with van der Waals surface area (Å²) in [4.78, 5) is 5.80. The van der Waals surface area contributed by atoms with Crippen LogP contribution in [0.1, 0.15) is 17.0 Å². The smallest absolute Gasteiger partial charge is 0.0797 e. The van der Waals surface area contributed by atoms with E-state index in [0.717, 1.165) is 6.42 Å². The summed E-state index contributed by atoms with van der Waals surface area (Å²) in [7, 11) is 2.04. The van der Waals surface area contributed by atoms with Gasteiger partial charge in [0.25, 0.3) is 0 Å². The molecular weight excluding hydrogens is 192 g/mol. The number of rotatable bonds is 1. The average molecular weight is 205 g/mol. The molecule has 0 spiro atoms. The third kappa shape index (κ3) is 1.79. The van der Waals surface area contributed by atoms with Crippen molar-refractivity contribution in [2.75, 3.05) is 7.05 Å². The molecule has 1 aromatic rings. The van der Waals surface area contributed by atoms with Crippen molar-refractivity contribution < 1.29 is 0 Å². The highest BCUT2D eigenvalue weighted by molar-refractivity contribution is 7.09. The van der Waals surface area contributed by atoms with Gasteiger partial charge in [-0.1, -0.05) is 0 Å². The molecule has 1 aliphatic carbocycles. The summed E-state index contributed by atoms with van der Waals surface area (Å²) in [6, 6.07) is 0.683. The molecule has 1 atom stereocenters. The number of likely N-dealkylation sites (N-methyl/N-ethyl adjacent to an activating group) is 1. The van der Waals surface area contributed by atoms with Crippen LogP contribution in [0.2, 0.25) is 0 Å². The van der Waals surface area contributed by atoms with Crippen LogP contribution in [0.3, 0.4) is 0 Å². The zero-order valence-corrected chi connectivity index (χ0v) is 8.67. The van der Waals surface area contributed by atoms with Crippen LogP contribution < -0.4 is 5.32 Å². The van der Waals surface area contributed by atoms with Crippen LogP contribution in [0.4, 0.5) is 0 Å². The van der Waals surface area contributed by atoms with E-state index < -0.39 is 0 Å². The lowest BCUT2D eigenvalue weighted by Gasteiger charge is -2.19. The highest BCUT2D eigenvalue weighted by atomic mass is 35.5. The first kappa shape index (κ1) is 9.96. The van der Waals surface area contributed by atoms with Gasteiger partial charge in [-0.05, 0) is 26.3 Å². The number of nitrogens with one attached hydrogen (secondary N) is 1. The average Bonchev–Trinajstić information content (AvgIpc) is 2.50. The number of halogens is 1. The van der Waals surface area contributed by atoms with Crippen LogP contribution in [0.15, 0.2) is 5.51 Å². The van der Waals surface area contributed by atoms with Crippen LogP contribution in [-0.2, 0) is 12.8 Å². The van der Waals surface area contributed by atoms with Crippen molar-refractivity contribution in [2.24, 2.45) is 0 Å². The lowest BCUT2D eigenvalue weighted by atomic mass is 9.98. The molecule has 0 saturated carbocycles. The molecule has 0 aliphatic heterocycles. The minimum absolute atomic E-state index is 0. The minimum atomic E-state index is 0. The van der Waals surface area contributed by atoms with Crippen molar-refractivity contribution in [1.29, 1.82) is 0 Å². The second-order valence-electron chi connectivity index (χ2n) is 2.95. The van der Waals surface area contributed by atoms with Gasteiger partial charge in [0, 0.05) is 10.9 Å². The molecule has 1 heterocycles. The summed E-state index contributed by atoms with van der Waals surface area (Å²) < 4.78 is 0. The van der Waals surface area contributed by atoms with E-state index in [1.165, 1.54) is 23.4 Å². The first-order chi connectivity index (χ1) is 5.40. The van der Waals surface area contributed by atoms with Crippen molar-refractivity contribution in [2.45, 2.75) is 25.3 Å². The van der Waals surface area contributed by atoms with Crippen LogP contribution in [-0.4, -0.2) is 18.1 Å². The lowest BCUT2D eigenvalue weighted by Crippen LogP contribution is -2.30. The van der Waals surface area contributed by atoms with Gasteiger partial charge in [-0.15, -0.1) is 23.7 Å². The Morgan fingerprint density at radius 1 is 1.67 bits per heavy atom. The molecule has 2 rings (SSSR count). The van der Waals surface area contributed by atoms with Gasteiger partial charge in [-0.2, -0.15) is 0 Å². The van der Waals surface area contributed by atoms with Gasteiger partial charge in [0.15, 0.2) is 0 Å². The maximum absolute atomic E-state index is 4.32. The summed E-state index contributed by atoms with van der Waals surface area (Å²) in [5.74, 6) is 0. The Hall–Kier alpha value is -0.120. The van der Waals surface area contributed by atoms with Crippen molar-refractivity contribution in [3.05, 3.63) is 16.1 Å². The molecule has 2 nitrogen and oxygen atoms in total. The van der Waals surface area contributed by atoms with Gasteiger partial charge in [-0.3, -0.25) is 0 Å². The Labute approximate surface area is 82.8 Å². The van der Waals surface area contributed by atoms with Gasteiger partial charge in [0.1, 0.15) is 0 Å². The third-order valence-corrected chi connectivity index (χ3v) is 3.19. The quantitative estimate of drug-likeness (QED) is 0.753. The fourth-order valence-corrected chi connectivity index (χ4v) is 2.44. The van der Waals surface area contributed by atoms with E-state index >= 15 is 0 Å². The highest BCUT2D eigenvalue weighted by Crippen LogP contribution is 2.23. The second kappa shape index (κ2) is 4.21. The van der Waals surface area contributed by atoms with Crippen LogP contribution in [0.5, 0.6) is 0 Å². The van der Waals surface area contributed by atoms with E-state index in [9.17, 15) is 0 Å². The molecule has 1 unspecified atom stereocenters. The number of fused-ring (bicyclic) bond motifs is 1. The summed E-state index contributed by atoms with van der Waals surface area (Å²) in [6.45, 7) is 0. The predicted molar refractivity (Wildman–Crippen MR) is 54.2 cm³/mol. The summed E-state index contributed by atoms with van der Waals surface area (Å²) >= 11 is 1.79. The Kier molecular flexibility index (Phi) is 3.50. The number of aryl methyl sites for hydroxylation is 1. The Bertz CT molecular complexity index is 249. The van der Waals surface area contributed by atoms with Crippen molar-refractivity contribution in [1.82, 2.24) is 10.3 Å². The van der Waals surface area contributed by atoms with E-state index in [1.54, 1.807) is 11.3 Å². The highest BCUT2D eigenvalue weighted by Gasteiger charge is 2.18. The van der Waals surface area contributed by atoms with E-state index in [2.05, 4.69) is 10.3 Å². The summed E-state index contributed by atoms with van der Waals surface area (Å²) in [5.41, 5.74) is 3.30. The second-order valence-corrected chi connectivity index (χ2v) is 3.89. The molecule has 4 heteroatoms. The van der Waals surface area contributed by atoms with Gasteiger partial charge in [0.2, 0.25) is 0 Å². The number of hydrogen-bond donors (Lipinski definition) is 1. The number of hydrogen-bond acceptors (Lipinski definition) is 3. The molecule has 0 saturated heterocycles. The van der Waals surface area contributed by atoms with E-state index in [4.69, 9.17) is 0 Å². The molecule has 0 fully saturated rings. The molecule has 68 valence electrons. The predicted octanol–water partition coefficient (Wildman–Crippen LogP) is 1.64. The van der Waals surface area contributed by atoms with E-state index in [-0.39, 0.29) is 12.4 Å². The molecule has 0 aromatic carbocycles. The summed E-state index contributed by atoms with van der Waals surface area (Å²) in [5, 5.41) is 3.31. The number of aromatic nitrogens is 1. The van der Waals surface area contributed by atoms with Gasteiger partial charge in [0.05, 0.1) is 11.2 Å². The molecule has 1 N–H and O–H groups in total. The fourth-order valence-electron chi connectivity index (χ4n) is 1.55. The molecule has 0 bridgehead atoms. The van der Waals surface area contributed by atoms with Gasteiger partial charge in [-0.25, -0.2) is 4.98 Å². The standard InChI is InChI=1S/C8H12N2S.ClH/c1-9-6-2-3-7-8(4-6)11-5-10-7;/h5-6,9H,2-4H2,1H3;1H. The minimum Gasteiger partial charge on any atom is -0.317 e. The largest absolute Gasteiger partial charge is 0.317 e. The Morgan fingerprint density at radius 2 is 2.50 bits per heavy atom. The van der Waals surface area contributed by atoms with Crippen LogP contribution in [0.25, 0.3) is 0 Å². The third-order valence-electron chi connectivity index (χ3n) is 2.30. The van der Waals surface area contributed by atoms with Crippen LogP contribution >= 0.6 is 23.7 Å². The molecule has 1 aliphatic rings. The zero-order valence-electron chi connectivity index (χ0n) is 7.04. The number of nitrogens with zero attached hydrogens (tertiary/aromatic N) is 1. The molecule has 1 aromatic heterocycles. The van der Waals surface area contributed by atoms with E-state index in [1.807, 2.05) is 12.6 Å². The normalized spacial score (nSPS) is 21.2. The van der Waals surface area contributed by atoms with E-state index in [0.29, 0.717) is 6.04 Å². The topological polar surface area (TPSA) is 24.9 Å². The Morgan fingerprint density at radius 3 is 3.25 bits per heavy atom. The lowest BCUT2D eigenvalue weighted by molar-refractivity contribution is 0.497. The Balaban J connectivity index is 0.000000720. The number of thiazole rings is 1. The molecule has 12 heavy (non-hydrogen) atoms. The van der Waals surface area contributed by atoms with Gasteiger partial charge >= 0.3 is 0 Å². The fraction of sp³-hybridized carbons (Fsp3) is 0.625. The maximum atomic E-state index is 4.32. The van der Waals surface area contributed by atoms with Gasteiger partial charge < -0.3 is 5.32 Å². The molecular formula is C8H13ClN2S. The van der Waals surface area contributed by atoms with Crippen molar-refractivity contribution >= 4 is 23.7 Å². The van der Waals surface area contributed by atoms with Crippen LogP contribution in [0, 0.1) is 0 Å². The van der Waals surface area contributed by atoms with Crippen molar-refractivity contribution in [3.8, 4) is 0 Å². The summed E-state index contributed by atoms with van der Waals surface area (Å²) in [6.07, 6.45) is 3.58. The first-order valence-corrected chi connectivity index (χ1v) is 4.86. The zero-order chi connectivity index (χ0) is 7.68. The monoisotopic (exact) mass is 204 g/mol. The van der Waals surface area contributed by atoms with Crippen molar-refractivity contribution in [3.63, 3.8) is 0 Å². The SMILES string of the molecule is CNC1CCc2ncsc2C1.Cl. The molecule has 0 amide bonds. The molecule has 0 radical (unpaired) electrons. The first-order valence-electron chi connectivity index (χ1n) is 3.98.